The number of carbonyl (C=O) groups is 1. The van der Waals surface area contributed by atoms with Gasteiger partial charge in [-0.05, 0) is 74.4 Å². The molecule has 5 rings (SSSR count). The average Bonchev–Trinajstić information content (AvgIpc) is 2.85. The molecule has 1 aliphatic heterocycles. The van der Waals surface area contributed by atoms with Gasteiger partial charge in [-0.2, -0.15) is 0 Å². The molecule has 0 spiro atoms. The summed E-state index contributed by atoms with van der Waals surface area (Å²) in [4.78, 5) is 28.7. The van der Waals surface area contributed by atoms with E-state index in [-0.39, 0.29) is 29.9 Å². The van der Waals surface area contributed by atoms with Crippen LogP contribution in [0.5, 0.6) is 5.75 Å². The van der Waals surface area contributed by atoms with Crippen LogP contribution < -0.4 is 26.7 Å². The van der Waals surface area contributed by atoms with E-state index in [2.05, 4.69) is 15.6 Å². The molecule has 1 amide bonds. The summed E-state index contributed by atoms with van der Waals surface area (Å²) in [5, 5.41) is 7.16. The molecular formula is C26H30FN5O3. The number of halogens is 1. The Morgan fingerprint density at radius 3 is 2.80 bits per heavy atom. The number of benzene rings is 1. The fourth-order valence-electron chi connectivity index (χ4n) is 5.17. The lowest BCUT2D eigenvalue weighted by Gasteiger charge is -2.33. The first-order valence-electron chi connectivity index (χ1n) is 12.1. The molecule has 9 heteroatoms. The molecule has 2 aromatic heterocycles. The minimum atomic E-state index is -0.361. The number of hydrogen-bond acceptors (Lipinski definition) is 6. The minimum Gasteiger partial charge on any atom is -0.480 e. The van der Waals surface area contributed by atoms with E-state index in [0.29, 0.717) is 42.1 Å². The van der Waals surface area contributed by atoms with Crippen LogP contribution >= 0.6 is 0 Å². The number of hydrogen-bond donors (Lipinski definition) is 3. The average molecular weight is 480 g/mol. The number of nitrogens with one attached hydrogen (secondary N) is 2. The zero-order chi connectivity index (χ0) is 24.5. The topological polar surface area (TPSA) is 111 Å². The highest BCUT2D eigenvalue weighted by molar-refractivity contribution is 5.94. The maximum Gasteiger partial charge on any atom is 0.263 e. The first-order valence-corrected chi connectivity index (χ1v) is 12.1. The number of fused-ring (bicyclic) bond motifs is 2. The van der Waals surface area contributed by atoms with Crippen molar-refractivity contribution in [2.75, 3.05) is 11.9 Å². The Morgan fingerprint density at radius 1 is 1.20 bits per heavy atom. The number of aromatic nitrogens is 2. The Balaban J connectivity index is 1.18. The number of carbonyl (C=O) groups excluding carboxylic acids is 1. The van der Waals surface area contributed by atoms with Gasteiger partial charge >= 0.3 is 0 Å². The normalized spacial score (nSPS) is 20.7. The number of anilines is 1. The van der Waals surface area contributed by atoms with Gasteiger partial charge in [-0.25, -0.2) is 9.37 Å². The Morgan fingerprint density at radius 2 is 2.00 bits per heavy atom. The monoisotopic (exact) mass is 479 g/mol. The van der Waals surface area contributed by atoms with Crippen molar-refractivity contribution in [3.63, 3.8) is 0 Å². The molecule has 184 valence electrons. The standard InChI is InChI=1S/C26H30FN5O3/c1-15-10-25(34)32(22-11-17(27)4-8-20(15)22)13-21(28)16-2-5-18(6-3-16)29-12-19-7-9-23-26(30-19)31-24(33)14-35-23/h4,7-11,16,18,21,29H,2-3,5-6,12-14,28H2,1H3,(H,30,31,33)/t16-,18-,21?. The van der Waals surface area contributed by atoms with Crippen molar-refractivity contribution >= 4 is 22.6 Å². The summed E-state index contributed by atoms with van der Waals surface area (Å²) in [6.45, 7) is 2.85. The number of nitrogens with zero attached hydrogens (tertiary/aromatic N) is 2. The van der Waals surface area contributed by atoms with E-state index < -0.39 is 0 Å². The lowest BCUT2D eigenvalue weighted by molar-refractivity contribution is -0.118. The molecule has 8 nitrogen and oxygen atoms in total. The number of aryl methyl sites for hydroxylation is 1. The molecule has 3 heterocycles. The molecule has 1 unspecified atom stereocenters. The van der Waals surface area contributed by atoms with Crippen LogP contribution in [0.15, 0.2) is 41.2 Å². The van der Waals surface area contributed by atoms with Crippen molar-refractivity contribution < 1.29 is 13.9 Å². The van der Waals surface area contributed by atoms with E-state index in [4.69, 9.17) is 10.5 Å². The summed E-state index contributed by atoms with van der Waals surface area (Å²) in [5.41, 5.74) is 8.70. The highest BCUT2D eigenvalue weighted by atomic mass is 19.1. The van der Waals surface area contributed by atoms with Crippen molar-refractivity contribution in [2.45, 2.75) is 57.8 Å². The van der Waals surface area contributed by atoms with E-state index in [0.717, 1.165) is 42.3 Å². The summed E-state index contributed by atoms with van der Waals surface area (Å²) < 4.78 is 20.9. The third-order valence-corrected chi connectivity index (χ3v) is 7.16. The third-order valence-electron chi connectivity index (χ3n) is 7.16. The van der Waals surface area contributed by atoms with Crippen LogP contribution in [0.3, 0.4) is 0 Å². The van der Waals surface area contributed by atoms with Gasteiger partial charge in [0.15, 0.2) is 18.2 Å². The second-order valence-electron chi connectivity index (χ2n) is 9.58. The fourth-order valence-corrected chi connectivity index (χ4v) is 5.17. The number of pyridine rings is 2. The highest BCUT2D eigenvalue weighted by Gasteiger charge is 2.26. The quantitative estimate of drug-likeness (QED) is 0.501. The summed E-state index contributed by atoms with van der Waals surface area (Å²) in [5.74, 6) is 0.787. The molecule has 1 aromatic carbocycles. The number of nitrogens with two attached hydrogens (primary N) is 1. The van der Waals surface area contributed by atoms with Crippen molar-refractivity contribution in [3.05, 3.63) is 63.8 Å². The van der Waals surface area contributed by atoms with Crippen molar-refractivity contribution in [3.8, 4) is 5.75 Å². The van der Waals surface area contributed by atoms with Gasteiger partial charge in [0, 0.05) is 36.6 Å². The van der Waals surface area contributed by atoms with Crippen LogP contribution in [0.1, 0.15) is 36.9 Å². The van der Waals surface area contributed by atoms with Gasteiger partial charge in [-0.3, -0.25) is 9.59 Å². The fraction of sp³-hybridized carbons (Fsp3) is 0.423. The summed E-state index contributed by atoms with van der Waals surface area (Å²) >= 11 is 0. The molecule has 0 bridgehead atoms. The first-order chi connectivity index (χ1) is 16.9. The zero-order valence-corrected chi connectivity index (χ0v) is 19.7. The molecule has 1 aliphatic carbocycles. The smallest absolute Gasteiger partial charge is 0.263 e. The van der Waals surface area contributed by atoms with Crippen molar-refractivity contribution in [1.82, 2.24) is 14.9 Å². The number of ether oxygens (including phenoxy) is 1. The molecule has 1 saturated carbocycles. The zero-order valence-electron chi connectivity index (χ0n) is 19.7. The van der Waals surface area contributed by atoms with Gasteiger partial charge in [0.05, 0.1) is 11.2 Å². The summed E-state index contributed by atoms with van der Waals surface area (Å²) in [6.07, 6.45) is 3.85. The molecule has 4 N–H and O–H groups in total. The lowest BCUT2D eigenvalue weighted by Crippen LogP contribution is -2.42. The molecular weight excluding hydrogens is 449 g/mol. The van der Waals surface area contributed by atoms with Crippen LogP contribution in [-0.2, 0) is 17.9 Å². The van der Waals surface area contributed by atoms with Gasteiger partial charge in [0.1, 0.15) is 5.82 Å². The predicted octanol–water partition coefficient (Wildman–Crippen LogP) is 2.85. The molecule has 2 aliphatic rings. The van der Waals surface area contributed by atoms with Crippen molar-refractivity contribution in [1.29, 1.82) is 0 Å². The van der Waals surface area contributed by atoms with Gasteiger partial charge in [-0.1, -0.05) is 0 Å². The van der Waals surface area contributed by atoms with E-state index >= 15 is 0 Å². The summed E-state index contributed by atoms with van der Waals surface area (Å²) in [6, 6.07) is 10.0. The van der Waals surface area contributed by atoms with Crippen LogP contribution in [0.4, 0.5) is 10.2 Å². The third kappa shape index (κ3) is 5.06. The molecule has 1 fully saturated rings. The second kappa shape index (κ2) is 9.75. The Bertz CT molecular complexity index is 1320. The van der Waals surface area contributed by atoms with Crippen LogP contribution in [0.2, 0.25) is 0 Å². The Kier molecular flexibility index (Phi) is 6.53. The van der Waals surface area contributed by atoms with E-state index in [1.54, 1.807) is 16.7 Å². The van der Waals surface area contributed by atoms with E-state index in [9.17, 15) is 14.0 Å². The first kappa shape index (κ1) is 23.4. The largest absolute Gasteiger partial charge is 0.480 e. The summed E-state index contributed by atoms with van der Waals surface area (Å²) in [7, 11) is 0. The molecule has 0 saturated heterocycles. The molecule has 35 heavy (non-hydrogen) atoms. The van der Waals surface area contributed by atoms with E-state index in [1.807, 2.05) is 19.1 Å². The van der Waals surface area contributed by atoms with Gasteiger partial charge in [0.2, 0.25) is 0 Å². The Labute approximate surface area is 202 Å². The van der Waals surface area contributed by atoms with Crippen LogP contribution in [0.25, 0.3) is 10.9 Å². The van der Waals surface area contributed by atoms with Gasteiger partial charge in [-0.15, -0.1) is 0 Å². The molecule has 3 aromatic rings. The minimum absolute atomic E-state index is 0.0172. The van der Waals surface area contributed by atoms with Crippen LogP contribution in [-0.4, -0.2) is 34.1 Å². The highest BCUT2D eigenvalue weighted by Crippen LogP contribution is 2.29. The van der Waals surface area contributed by atoms with E-state index in [1.165, 1.54) is 12.1 Å². The van der Waals surface area contributed by atoms with Crippen molar-refractivity contribution in [2.24, 2.45) is 11.7 Å². The maximum atomic E-state index is 13.9. The predicted molar refractivity (Wildman–Crippen MR) is 132 cm³/mol. The lowest BCUT2D eigenvalue weighted by atomic mass is 9.81. The Hall–Kier alpha value is -3.30. The second-order valence-corrected chi connectivity index (χ2v) is 9.58. The molecule has 0 radical (unpaired) electrons. The molecule has 1 atom stereocenters. The van der Waals surface area contributed by atoms with Gasteiger partial charge < -0.3 is 25.7 Å². The maximum absolute atomic E-state index is 13.9. The number of rotatable bonds is 6. The number of amides is 1. The SMILES string of the molecule is Cc1cc(=O)n(CC(N)[C@H]2CC[C@H](NCc3ccc4c(n3)NC(=O)CO4)CC2)c2cc(F)ccc12. The van der Waals surface area contributed by atoms with Gasteiger partial charge in [0.25, 0.3) is 11.5 Å². The van der Waals surface area contributed by atoms with Crippen LogP contribution in [0, 0.1) is 18.7 Å².